The SMILES string of the molecule is C[C@H](C(=O)NC(C)(C)C)N(Cc1ccccc1)C(=O)CSCc1c(Cl)cccc1Cl. The van der Waals surface area contributed by atoms with E-state index in [4.69, 9.17) is 23.2 Å². The van der Waals surface area contributed by atoms with Gasteiger partial charge in [0.15, 0.2) is 0 Å². The van der Waals surface area contributed by atoms with Crippen LogP contribution >= 0.6 is 35.0 Å². The van der Waals surface area contributed by atoms with Crippen LogP contribution in [-0.4, -0.2) is 34.0 Å². The topological polar surface area (TPSA) is 49.4 Å². The molecule has 0 radical (unpaired) electrons. The van der Waals surface area contributed by atoms with Gasteiger partial charge in [-0.25, -0.2) is 0 Å². The number of nitrogens with zero attached hydrogens (tertiary/aromatic N) is 1. The lowest BCUT2D eigenvalue weighted by molar-refractivity contribution is -0.139. The van der Waals surface area contributed by atoms with E-state index in [1.165, 1.54) is 11.8 Å². The second kappa shape index (κ2) is 11.1. The summed E-state index contributed by atoms with van der Waals surface area (Å²) >= 11 is 13.9. The van der Waals surface area contributed by atoms with Gasteiger partial charge in [-0.3, -0.25) is 9.59 Å². The molecule has 1 N–H and O–H groups in total. The standard InChI is InChI=1S/C23H28Cl2N2O2S/c1-16(22(29)26-23(2,3)4)27(13-17-9-6-5-7-10-17)21(28)15-30-14-18-19(24)11-8-12-20(18)25/h5-12,16H,13-15H2,1-4H3,(H,26,29)/t16-/m1/s1. The molecule has 162 valence electrons. The smallest absolute Gasteiger partial charge is 0.242 e. The molecule has 2 aromatic carbocycles. The maximum absolute atomic E-state index is 13.1. The fraction of sp³-hybridized carbons (Fsp3) is 0.391. The largest absolute Gasteiger partial charge is 0.350 e. The Hall–Kier alpha value is -1.69. The summed E-state index contributed by atoms with van der Waals surface area (Å²) in [6.45, 7) is 7.89. The molecule has 1 atom stereocenters. The van der Waals surface area contributed by atoms with E-state index in [-0.39, 0.29) is 23.1 Å². The van der Waals surface area contributed by atoms with Crippen LogP contribution in [-0.2, 0) is 21.9 Å². The Morgan fingerprint density at radius 1 is 1.03 bits per heavy atom. The molecule has 0 saturated heterocycles. The summed E-state index contributed by atoms with van der Waals surface area (Å²) in [4.78, 5) is 27.4. The molecule has 0 bridgehead atoms. The summed E-state index contributed by atoms with van der Waals surface area (Å²) in [5.41, 5.74) is 1.41. The molecule has 0 aromatic heterocycles. The molecule has 0 heterocycles. The Kier molecular flexibility index (Phi) is 9.08. The van der Waals surface area contributed by atoms with Gasteiger partial charge in [-0.1, -0.05) is 59.6 Å². The lowest BCUT2D eigenvalue weighted by Crippen LogP contribution is -2.52. The van der Waals surface area contributed by atoms with Gasteiger partial charge in [-0.15, -0.1) is 11.8 Å². The minimum atomic E-state index is -0.596. The van der Waals surface area contributed by atoms with Crippen molar-refractivity contribution in [2.24, 2.45) is 0 Å². The highest BCUT2D eigenvalue weighted by Gasteiger charge is 2.28. The summed E-state index contributed by atoms with van der Waals surface area (Å²) in [6.07, 6.45) is 0. The first-order valence-electron chi connectivity index (χ1n) is 9.74. The number of nitrogens with one attached hydrogen (secondary N) is 1. The molecule has 7 heteroatoms. The maximum atomic E-state index is 13.1. The minimum absolute atomic E-state index is 0.108. The average Bonchev–Trinajstić information content (AvgIpc) is 2.67. The third-order valence-electron chi connectivity index (χ3n) is 4.39. The van der Waals surface area contributed by atoms with Crippen LogP contribution in [0.3, 0.4) is 0 Å². The molecule has 0 aliphatic rings. The van der Waals surface area contributed by atoms with Gasteiger partial charge in [-0.2, -0.15) is 0 Å². The highest BCUT2D eigenvalue weighted by atomic mass is 35.5. The van der Waals surface area contributed by atoms with Crippen LogP contribution in [0.2, 0.25) is 10.0 Å². The van der Waals surface area contributed by atoms with Crippen molar-refractivity contribution in [3.8, 4) is 0 Å². The van der Waals surface area contributed by atoms with Gasteiger partial charge >= 0.3 is 0 Å². The molecule has 0 saturated carbocycles. The van der Waals surface area contributed by atoms with Gasteiger partial charge in [0.1, 0.15) is 6.04 Å². The lowest BCUT2D eigenvalue weighted by atomic mass is 10.1. The summed E-state index contributed by atoms with van der Waals surface area (Å²) in [5, 5.41) is 4.13. The maximum Gasteiger partial charge on any atom is 0.242 e. The third-order valence-corrected chi connectivity index (χ3v) is 6.05. The second-order valence-electron chi connectivity index (χ2n) is 8.12. The monoisotopic (exact) mass is 466 g/mol. The number of carbonyl (C=O) groups excluding carboxylic acids is 2. The minimum Gasteiger partial charge on any atom is -0.350 e. The van der Waals surface area contributed by atoms with Crippen molar-refractivity contribution in [3.63, 3.8) is 0 Å². The van der Waals surface area contributed by atoms with E-state index in [9.17, 15) is 9.59 Å². The molecule has 30 heavy (non-hydrogen) atoms. The van der Waals surface area contributed by atoms with E-state index in [1.807, 2.05) is 51.1 Å². The fourth-order valence-corrected chi connectivity index (χ4v) is 4.48. The molecular formula is C23H28Cl2N2O2S. The zero-order valence-electron chi connectivity index (χ0n) is 17.7. The van der Waals surface area contributed by atoms with Crippen molar-refractivity contribution in [1.29, 1.82) is 0 Å². The third kappa shape index (κ3) is 7.53. The fourth-order valence-electron chi connectivity index (χ4n) is 2.83. The van der Waals surface area contributed by atoms with Gasteiger partial charge in [0.25, 0.3) is 0 Å². The Bertz CT molecular complexity index is 849. The summed E-state index contributed by atoms with van der Waals surface area (Å²) < 4.78 is 0. The van der Waals surface area contributed by atoms with E-state index >= 15 is 0 Å². The van der Waals surface area contributed by atoms with Gasteiger partial charge in [0, 0.05) is 27.9 Å². The van der Waals surface area contributed by atoms with E-state index in [2.05, 4.69) is 5.32 Å². The molecule has 0 fully saturated rings. The lowest BCUT2D eigenvalue weighted by Gasteiger charge is -2.31. The van der Waals surface area contributed by atoms with Crippen molar-refractivity contribution >= 4 is 46.8 Å². The number of thioether (sulfide) groups is 1. The first-order valence-corrected chi connectivity index (χ1v) is 11.7. The quantitative estimate of drug-likeness (QED) is 0.553. The number of hydrogen-bond donors (Lipinski definition) is 1. The number of halogens is 2. The van der Waals surface area contributed by atoms with E-state index in [1.54, 1.807) is 30.0 Å². The van der Waals surface area contributed by atoms with Crippen LogP contribution in [0.5, 0.6) is 0 Å². The highest BCUT2D eigenvalue weighted by molar-refractivity contribution is 7.99. The van der Waals surface area contributed by atoms with Gasteiger partial charge in [0.2, 0.25) is 11.8 Å². The molecule has 0 aliphatic heterocycles. The molecule has 0 unspecified atom stereocenters. The summed E-state index contributed by atoms with van der Waals surface area (Å²) in [7, 11) is 0. The number of benzene rings is 2. The first kappa shape index (κ1) is 24.6. The highest BCUT2D eigenvalue weighted by Crippen LogP contribution is 2.28. The van der Waals surface area contributed by atoms with Gasteiger partial charge < -0.3 is 10.2 Å². The van der Waals surface area contributed by atoms with Crippen LogP contribution in [0.1, 0.15) is 38.8 Å². The number of rotatable bonds is 8. The molecule has 2 rings (SSSR count). The van der Waals surface area contributed by atoms with Crippen molar-refractivity contribution < 1.29 is 9.59 Å². The molecule has 0 aliphatic carbocycles. The Morgan fingerprint density at radius 2 is 1.63 bits per heavy atom. The molecule has 2 aromatic rings. The van der Waals surface area contributed by atoms with E-state index < -0.39 is 6.04 Å². The Balaban J connectivity index is 2.10. The van der Waals surface area contributed by atoms with Crippen LogP contribution < -0.4 is 5.32 Å². The number of hydrogen-bond acceptors (Lipinski definition) is 3. The average molecular weight is 467 g/mol. The van der Waals surface area contributed by atoms with E-state index in [0.717, 1.165) is 11.1 Å². The van der Waals surface area contributed by atoms with E-state index in [0.29, 0.717) is 22.3 Å². The number of carbonyl (C=O) groups is 2. The molecule has 0 spiro atoms. The van der Waals surface area contributed by atoms with Crippen molar-refractivity contribution in [1.82, 2.24) is 10.2 Å². The first-order chi connectivity index (χ1) is 14.1. The summed E-state index contributed by atoms with van der Waals surface area (Å²) in [5.74, 6) is 0.461. The van der Waals surface area contributed by atoms with Crippen LogP contribution in [0.15, 0.2) is 48.5 Å². The predicted molar refractivity (Wildman–Crippen MR) is 127 cm³/mol. The normalized spacial score (nSPS) is 12.3. The van der Waals surface area contributed by atoms with Crippen LogP contribution in [0.25, 0.3) is 0 Å². The van der Waals surface area contributed by atoms with Crippen molar-refractivity contribution in [3.05, 3.63) is 69.7 Å². The van der Waals surface area contributed by atoms with Crippen molar-refractivity contribution in [2.75, 3.05) is 5.75 Å². The molecule has 2 amide bonds. The molecule has 4 nitrogen and oxygen atoms in total. The zero-order valence-corrected chi connectivity index (χ0v) is 20.1. The second-order valence-corrected chi connectivity index (χ2v) is 9.92. The van der Waals surface area contributed by atoms with Crippen LogP contribution in [0.4, 0.5) is 0 Å². The predicted octanol–water partition coefficient (Wildman–Crippen LogP) is 5.56. The molecular weight excluding hydrogens is 439 g/mol. The van der Waals surface area contributed by atoms with Gasteiger partial charge in [-0.05, 0) is 51.0 Å². The Labute approximate surface area is 193 Å². The van der Waals surface area contributed by atoms with Crippen molar-refractivity contribution in [2.45, 2.75) is 51.6 Å². The number of amides is 2. The van der Waals surface area contributed by atoms with Crippen LogP contribution in [0, 0.1) is 0 Å². The van der Waals surface area contributed by atoms with Gasteiger partial charge in [0.05, 0.1) is 5.75 Å². The zero-order chi connectivity index (χ0) is 22.3. The summed E-state index contributed by atoms with van der Waals surface area (Å²) in [6, 6.07) is 14.4. The Morgan fingerprint density at radius 3 is 2.20 bits per heavy atom.